The predicted octanol–water partition coefficient (Wildman–Crippen LogP) is 2.69. The van der Waals surface area contributed by atoms with Crippen LogP contribution in [0.2, 0.25) is 0 Å². The van der Waals surface area contributed by atoms with Crippen molar-refractivity contribution in [3.05, 3.63) is 48.3 Å². The normalized spacial score (nSPS) is 10.5. The Labute approximate surface area is 169 Å². The van der Waals surface area contributed by atoms with Crippen molar-refractivity contribution in [3.63, 3.8) is 0 Å². The largest absolute Gasteiger partial charge is 0.493 e. The van der Waals surface area contributed by atoms with Crippen molar-refractivity contribution in [2.24, 2.45) is 0 Å². The van der Waals surface area contributed by atoms with Crippen LogP contribution >= 0.6 is 0 Å². The minimum Gasteiger partial charge on any atom is -0.493 e. The summed E-state index contributed by atoms with van der Waals surface area (Å²) in [7, 11) is 6.34. The lowest BCUT2D eigenvalue weighted by Crippen LogP contribution is -2.31. The van der Waals surface area contributed by atoms with Gasteiger partial charge < -0.3 is 23.8 Å². The van der Waals surface area contributed by atoms with Crippen LogP contribution in [-0.4, -0.2) is 55.8 Å². The van der Waals surface area contributed by atoms with Gasteiger partial charge in [0.15, 0.2) is 18.1 Å². The van der Waals surface area contributed by atoms with E-state index >= 15 is 0 Å². The zero-order chi connectivity index (χ0) is 20.8. The van der Waals surface area contributed by atoms with Crippen LogP contribution in [0, 0.1) is 0 Å². The van der Waals surface area contributed by atoms with Crippen molar-refractivity contribution < 1.29 is 23.7 Å². The van der Waals surface area contributed by atoms with Crippen molar-refractivity contribution in [2.45, 2.75) is 6.54 Å². The summed E-state index contributed by atoms with van der Waals surface area (Å²) in [6.07, 6.45) is 1.42. The molecule has 29 heavy (non-hydrogen) atoms. The molecule has 1 amide bonds. The first-order valence-corrected chi connectivity index (χ1v) is 8.93. The molecule has 0 aliphatic carbocycles. The van der Waals surface area contributed by atoms with Crippen LogP contribution in [0.5, 0.6) is 23.1 Å². The van der Waals surface area contributed by atoms with E-state index in [4.69, 9.17) is 18.9 Å². The molecule has 0 fully saturated rings. The molecule has 3 rings (SSSR count). The number of amides is 1. The van der Waals surface area contributed by atoms with Crippen LogP contribution < -0.4 is 18.9 Å². The van der Waals surface area contributed by atoms with E-state index in [1.54, 1.807) is 39.3 Å². The summed E-state index contributed by atoms with van der Waals surface area (Å²) in [6.45, 7) is 0.170. The van der Waals surface area contributed by atoms with E-state index in [1.807, 2.05) is 30.3 Å². The summed E-state index contributed by atoms with van der Waals surface area (Å²) in [5.41, 5.74) is 1.54. The number of benzene rings is 2. The van der Waals surface area contributed by atoms with E-state index in [1.165, 1.54) is 6.33 Å². The van der Waals surface area contributed by atoms with Crippen LogP contribution in [-0.2, 0) is 11.3 Å². The molecule has 0 aliphatic rings. The Kier molecular flexibility index (Phi) is 6.33. The molecule has 0 N–H and O–H groups in total. The van der Waals surface area contributed by atoms with Crippen LogP contribution in [0.1, 0.15) is 5.56 Å². The SMILES string of the molecule is COc1ccc(CN(C)C(=O)COc2ncnc3ccccc23)c(OC)c1OC. The second-order valence-corrected chi connectivity index (χ2v) is 6.23. The average Bonchev–Trinajstić information content (AvgIpc) is 2.76. The van der Waals surface area contributed by atoms with Crippen molar-refractivity contribution in [3.8, 4) is 23.1 Å². The quantitative estimate of drug-likeness (QED) is 0.578. The highest BCUT2D eigenvalue weighted by Gasteiger charge is 2.19. The molecule has 0 bridgehead atoms. The molecule has 0 atom stereocenters. The number of likely N-dealkylation sites (N-methyl/N-ethyl adjacent to an activating group) is 1. The lowest BCUT2D eigenvalue weighted by Gasteiger charge is -2.21. The van der Waals surface area contributed by atoms with Gasteiger partial charge in [-0.25, -0.2) is 9.97 Å². The molecule has 3 aromatic rings. The fourth-order valence-electron chi connectivity index (χ4n) is 2.97. The average molecular weight is 397 g/mol. The van der Waals surface area contributed by atoms with E-state index in [-0.39, 0.29) is 12.5 Å². The Hall–Kier alpha value is -3.55. The molecular weight excluding hydrogens is 374 g/mol. The Morgan fingerprint density at radius 1 is 0.966 bits per heavy atom. The minimum atomic E-state index is -0.204. The van der Waals surface area contributed by atoms with E-state index in [2.05, 4.69) is 9.97 Å². The number of carbonyl (C=O) groups excluding carboxylic acids is 1. The Bertz CT molecular complexity index is 1000. The van der Waals surface area contributed by atoms with Crippen molar-refractivity contribution in [1.29, 1.82) is 0 Å². The first-order chi connectivity index (χ1) is 14.1. The summed E-state index contributed by atoms with van der Waals surface area (Å²) < 4.78 is 21.8. The number of nitrogens with zero attached hydrogens (tertiary/aromatic N) is 3. The highest BCUT2D eigenvalue weighted by molar-refractivity contribution is 5.84. The molecule has 0 saturated heterocycles. The molecule has 152 valence electrons. The first kappa shape index (κ1) is 20.2. The monoisotopic (exact) mass is 397 g/mol. The summed E-state index contributed by atoms with van der Waals surface area (Å²) in [5.74, 6) is 1.73. The van der Waals surface area contributed by atoms with Gasteiger partial charge in [0.05, 0.1) is 32.2 Å². The maximum absolute atomic E-state index is 12.6. The molecule has 1 aromatic heterocycles. The van der Waals surface area contributed by atoms with Crippen molar-refractivity contribution in [2.75, 3.05) is 35.0 Å². The van der Waals surface area contributed by atoms with Crippen molar-refractivity contribution in [1.82, 2.24) is 14.9 Å². The third-order valence-electron chi connectivity index (χ3n) is 4.46. The van der Waals surface area contributed by atoms with Crippen LogP contribution in [0.4, 0.5) is 0 Å². The number of hydrogen-bond donors (Lipinski definition) is 0. The third kappa shape index (κ3) is 4.31. The number of fused-ring (bicyclic) bond motifs is 1. The molecule has 8 heteroatoms. The maximum Gasteiger partial charge on any atom is 0.260 e. The van der Waals surface area contributed by atoms with Gasteiger partial charge in [0, 0.05) is 19.2 Å². The molecule has 0 radical (unpaired) electrons. The van der Waals surface area contributed by atoms with Gasteiger partial charge in [-0.05, 0) is 24.3 Å². The Balaban J connectivity index is 1.71. The first-order valence-electron chi connectivity index (χ1n) is 8.93. The zero-order valence-corrected chi connectivity index (χ0v) is 16.8. The van der Waals surface area contributed by atoms with E-state index in [0.29, 0.717) is 29.7 Å². The summed E-state index contributed by atoms with van der Waals surface area (Å²) in [4.78, 5) is 22.5. The van der Waals surface area contributed by atoms with Gasteiger partial charge >= 0.3 is 0 Å². The van der Waals surface area contributed by atoms with Crippen LogP contribution in [0.3, 0.4) is 0 Å². The lowest BCUT2D eigenvalue weighted by atomic mass is 10.1. The van der Waals surface area contributed by atoms with Crippen molar-refractivity contribution >= 4 is 16.8 Å². The highest BCUT2D eigenvalue weighted by Crippen LogP contribution is 2.40. The molecule has 0 aliphatic heterocycles. The van der Waals surface area contributed by atoms with Gasteiger partial charge in [-0.2, -0.15) is 0 Å². The fourth-order valence-corrected chi connectivity index (χ4v) is 2.97. The second-order valence-electron chi connectivity index (χ2n) is 6.23. The van der Waals surface area contributed by atoms with E-state index in [0.717, 1.165) is 16.5 Å². The maximum atomic E-state index is 12.6. The third-order valence-corrected chi connectivity index (χ3v) is 4.46. The van der Waals surface area contributed by atoms with Gasteiger partial charge in [-0.3, -0.25) is 4.79 Å². The number of rotatable bonds is 8. The molecule has 8 nitrogen and oxygen atoms in total. The molecule has 2 aromatic carbocycles. The van der Waals surface area contributed by atoms with Gasteiger partial charge in [0.25, 0.3) is 5.91 Å². The number of hydrogen-bond acceptors (Lipinski definition) is 7. The van der Waals surface area contributed by atoms with Gasteiger partial charge in [-0.1, -0.05) is 12.1 Å². The number of para-hydroxylation sites is 1. The van der Waals surface area contributed by atoms with Gasteiger partial charge in [0.2, 0.25) is 11.6 Å². The summed E-state index contributed by atoms with van der Waals surface area (Å²) in [5, 5.41) is 0.756. The molecular formula is C21H23N3O5. The lowest BCUT2D eigenvalue weighted by molar-refractivity contribution is -0.132. The molecule has 0 saturated carbocycles. The van der Waals surface area contributed by atoms with Gasteiger partial charge in [-0.15, -0.1) is 0 Å². The Morgan fingerprint density at radius 3 is 2.45 bits per heavy atom. The number of aromatic nitrogens is 2. The summed E-state index contributed by atoms with van der Waals surface area (Å²) in [6, 6.07) is 11.1. The highest BCUT2D eigenvalue weighted by atomic mass is 16.5. The molecule has 1 heterocycles. The van der Waals surface area contributed by atoms with Crippen LogP contribution in [0.25, 0.3) is 10.9 Å². The predicted molar refractivity (Wildman–Crippen MR) is 108 cm³/mol. The standard InChI is InChI=1S/C21H23N3O5/c1-24(11-14-9-10-17(26-2)20(28-4)19(14)27-3)18(25)12-29-21-15-7-5-6-8-16(15)22-13-23-21/h5-10,13H,11-12H2,1-4H3. The molecule has 0 spiro atoms. The van der Waals surface area contributed by atoms with Gasteiger partial charge in [0.1, 0.15) is 6.33 Å². The Morgan fingerprint density at radius 2 is 1.72 bits per heavy atom. The topological polar surface area (TPSA) is 83.0 Å². The minimum absolute atomic E-state index is 0.146. The fraction of sp³-hybridized carbons (Fsp3) is 0.286. The number of ether oxygens (including phenoxy) is 4. The van der Waals surface area contributed by atoms with E-state index < -0.39 is 0 Å². The number of methoxy groups -OCH3 is 3. The second kappa shape index (κ2) is 9.09. The summed E-state index contributed by atoms with van der Waals surface area (Å²) >= 11 is 0. The van der Waals surface area contributed by atoms with E-state index in [9.17, 15) is 4.79 Å². The number of carbonyl (C=O) groups is 1. The van der Waals surface area contributed by atoms with Crippen LogP contribution in [0.15, 0.2) is 42.7 Å². The zero-order valence-electron chi connectivity index (χ0n) is 16.8. The molecule has 0 unspecified atom stereocenters. The smallest absolute Gasteiger partial charge is 0.260 e.